The van der Waals surface area contributed by atoms with Crippen LogP contribution in [0.15, 0.2) is 30.6 Å². The van der Waals surface area contributed by atoms with E-state index < -0.39 is 0 Å². The molecule has 18 heavy (non-hydrogen) atoms. The Bertz CT molecular complexity index is 567. The van der Waals surface area contributed by atoms with E-state index in [0.717, 1.165) is 17.8 Å². The van der Waals surface area contributed by atoms with Gasteiger partial charge in [-0.25, -0.2) is 0 Å². The zero-order valence-electron chi connectivity index (χ0n) is 10.5. The van der Waals surface area contributed by atoms with E-state index in [1.807, 2.05) is 31.3 Å². The highest BCUT2D eigenvalue weighted by Crippen LogP contribution is 2.27. The molecular weight excluding hydrogens is 246 g/mol. The number of nitrogens with two attached hydrogens (primary N) is 1. The lowest BCUT2D eigenvalue weighted by Gasteiger charge is -2.12. The van der Waals surface area contributed by atoms with Crippen molar-refractivity contribution in [3.05, 3.63) is 52.3 Å². The summed E-state index contributed by atoms with van der Waals surface area (Å²) in [6, 6.07) is 5.73. The summed E-state index contributed by atoms with van der Waals surface area (Å²) >= 11 is 6.02. The fourth-order valence-corrected chi connectivity index (χ4v) is 1.93. The summed E-state index contributed by atoms with van der Waals surface area (Å²) in [7, 11) is 0. The number of anilines is 2. The Morgan fingerprint density at radius 1 is 1.28 bits per heavy atom. The molecule has 3 N–H and O–H groups in total. The SMILES string of the molecule is Cc1ccncc1CNc1cc(Cl)c(N)cc1C. The van der Waals surface area contributed by atoms with E-state index >= 15 is 0 Å². The molecule has 0 radical (unpaired) electrons. The number of nitrogen functional groups attached to an aromatic ring is 1. The van der Waals surface area contributed by atoms with Gasteiger partial charge in [-0.2, -0.15) is 0 Å². The predicted octanol–water partition coefficient (Wildman–Crippen LogP) is 3.55. The van der Waals surface area contributed by atoms with Crippen LogP contribution in [0.3, 0.4) is 0 Å². The van der Waals surface area contributed by atoms with Crippen LogP contribution in [0.25, 0.3) is 0 Å². The van der Waals surface area contributed by atoms with Crippen LogP contribution in [-0.2, 0) is 6.54 Å². The molecule has 2 rings (SSSR count). The van der Waals surface area contributed by atoms with Gasteiger partial charge in [0.15, 0.2) is 0 Å². The van der Waals surface area contributed by atoms with E-state index in [1.54, 1.807) is 6.20 Å². The molecule has 1 aromatic carbocycles. The lowest BCUT2D eigenvalue weighted by molar-refractivity contribution is 1.08. The molecule has 4 heteroatoms. The first-order valence-corrected chi connectivity index (χ1v) is 6.14. The normalized spacial score (nSPS) is 10.4. The molecule has 0 aliphatic rings. The second-order valence-corrected chi connectivity index (χ2v) is 4.75. The topological polar surface area (TPSA) is 50.9 Å². The highest BCUT2D eigenvalue weighted by Gasteiger charge is 2.04. The van der Waals surface area contributed by atoms with E-state index in [4.69, 9.17) is 17.3 Å². The first-order chi connectivity index (χ1) is 8.58. The van der Waals surface area contributed by atoms with Crippen molar-refractivity contribution in [1.29, 1.82) is 0 Å². The zero-order valence-corrected chi connectivity index (χ0v) is 11.3. The molecule has 0 saturated carbocycles. The smallest absolute Gasteiger partial charge is 0.0656 e. The van der Waals surface area contributed by atoms with Gasteiger partial charge in [0.25, 0.3) is 0 Å². The van der Waals surface area contributed by atoms with Gasteiger partial charge >= 0.3 is 0 Å². The molecule has 1 heterocycles. The lowest BCUT2D eigenvalue weighted by Crippen LogP contribution is -2.03. The van der Waals surface area contributed by atoms with Gasteiger partial charge in [0.05, 0.1) is 10.7 Å². The highest BCUT2D eigenvalue weighted by atomic mass is 35.5. The van der Waals surface area contributed by atoms with Gasteiger partial charge in [0.2, 0.25) is 0 Å². The fourth-order valence-electron chi connectivity index (χ4n) is 1.77. The molecule has 0 bridgehead atoms. The van der Waals surface area contributed by atoms with Gasteiger partial charge in [-0.3, -0.25) is 4.98 Å². The summed E-state index contributed by atoms with van der Waals surface area (Å²) in [5.41, 5.74) is 10.8. The summed E-state index contributed by atoms with van der Waals surface area (Å²) < 4.78 is 0. The number of halogens is 1. The summed E-state index contributed by atoms with van der Waals surface area (Å²) in [5, 5.41) is 3.93. The van der Waals surface area contributed by atoms with Gasteiger partial charge in [-0.05, 0) is 48.7 Å². The lowest BCUT2D eigenvalue weighted by atomic mass is 10.1. The Kier molecular flexibility index (Phi) is 3.72. The number of aryl methyl sites for hydroxylation is 2. The highest BCUT2D eigenvalue weighted by molar-refractivity contribution is 6.33. The number of hydrogen-bond acceptors (Lipinski definition) is 3. The predicted molar refractivity (Wildman–Crippen MR) is 76.9 cm³/mol. The minimum absolute atomic E-state index is 0.575. The molecule has 0 aliphatic carbocycles. The first kappa shape index (κ1) is 12.7. The van der Waals surface area contributed by atoms with Crippen molar-refractivity contribution in [2.45, 2.75) is 20.4 Å². The van der Waals surface area contributed by atoms with Gasteiger partial charge < -0.3 is 11.1 Å². The maximum atomic E-state index is 6.02. The Morgan fingerprint density at radius 2 is 2.06 bits per heavy atom. The van der Waals surface area contributed by atoms with E-state index in [-0.39, 0.29) is 0 Å². The molecular formula is C14H16ClN3. The van der Waals surface area contributed by atoms with Crippen molar-refractivity contribution in [3.63, 3.8) is 0 Å². The zero-order chi connectivity index (χ0) is 13.1. The molecule has 2 aromatic rings. The largest absolute Gasteiger partial charge is 0.398 e. The third-order valence-electron chi connectivity index (χ3n) is 2.96. The van der Waals surface area contributed by atoms with E-state index in [0.29, 0.717) is 10.7 Å². The molecule has 0 aliphatic heterocycles. The van der Waals surface area contributed by atoms with Crippen molar-refractivity contribution in [3.8, 4) is 0 Å². The number of rotatable bonds is 3. The van der Waals surface area contributed by atoms with Crippen molar-refractivity contribution < 1.29 is 0 Å². The minimum atomic E-state index is 0.575. The molecule has 3 nitrogen and oxygen atoms in total. The van der Waals surface area contributed by atoms with Crippen molar-refractivity contribution >= 4 is 23.0 Å². The van der Waals surface area contributed by atoms with Crippen LogP contribution in [0.5, 0.6) is 0 Å². The molecule has 0 atom stereocenters. The molecule has 0 amide bonds. The molecule has 94 valence electrons. The average molecular weight is 262 g/mol. The van der Waals surface area contributed by atoms with Crippen LogP contribution in [-0.4, -0.2) is 4.98 Å². The number of benzene rings is 1. The van der Waals surface area contributed by atoms with Crippen LogP contribution in [0.2, 0.25) is 5.02 Å². The second-order valence-electron chi connectivity index (χ2n) is 4.34. The van der Waals surface area contributed by atoms with Crippen LogP contribution in [0, 0.1) is 13.8 Å². The summed E-state index contributed by atoms with van der Waals surface area (Å²) in [6.45, 7) is 4.80. The van der Waals surface area contributed by atoms with Crippen molar-refractivity contribution in [1.82, 2.24) is 4.98 Å². The van der Waals surface area contributed by atoms with Gasteiger partial charge in [0, 0.05) is 24.6 Å². The number of nitrogens with zero attached hydrogens (tertiary/aromatic N) is 1. The third-order valence-corrected chi connectivity index (χ3v) is 3.29. The number of nitrogens with one attached hydrogen (secondary N) is 1. The fraction of sp³-hybridized carbons (Fsp3) is 0.214. The van der Waals surface area contributed by atoms with Crippen LogP contribution >= 0.6 is 11.6 Å². The molecule has 0 saturated heterocycles. The molecule has 0 fully saturated rings. The minimum Gasteiger partial charge on any atom is -0.398 e. The number of aromatic nitrogens is 1. The Balaban J connectivity index is 2.16. The van der Waals surface area contributed by atoms with Crippen LogP contribution in [0.1, 0.15) is 16.7 Å². The number of hydrogen-bond donors (Lipinski definition) is 2. The van der Waals surface area contributed by atoms with Crippen molar-refractivity contribution in [2.24, 2.45) is 0 Å². The van der Waals surface area contributed by atoms with Crippen LogP contribution in [0.4, 0.5) is 11.4 Å². The Morgan fingerprint density at radius 3 is 2.78 bits per heavy atom. The van der Waals surface area contributed by atoms with Gasteiger partial charge in [-0.15, -0.1) is 0 Å². The molecule has 0 unspecified atom stereocenters. The maximum absolute atomic E-state index is 6.02. The monoisotopic (exact) mass is 261 g/mol. The quantitative estimate of drug-likeness (QED) is 0.831. The molecule has 1 aromatic heterocycles. The average Bonchev–Trinajstić information content (AvgIpc) is 2.34. The maximum Gasteiger partial charge on any atom is 0.0656 e. The van der Waals surface area contributed by atoms with Crippen molar-refractivity contribution in [2.75, 3.05) is 11.1 Å². The Labute approximate surface area is 112 Å². The van der Waals surface area contributed by atoms with Gasteiger partial charge in [0.1, 0.15) is 0 Å². The second kappa shape index (κ2) is 5.27. The third kappa shape index (κ3) is 2.74. The van der Waals surface area contributed by atoms with E-state index in [1.165, 1.54) is 11.1 Å². The van der Waals surface area contributed by atoms with E-state index in [9.17, 15) is 0 Å². The standard InChI is InChI=1S/C14H16ClN3/c1-9-3-4-17-7-11(9)8-18-14-6-12(15)13(16)5-10(14)2/h3-7,18H,8,16H2,1-2H3. The summed E-state index contributed by atoms with van der Waals surface area (Å²) in [6.07, 6.45) is 3.67. The Hall–Kier alpha value is -1.74. The number of pyridine rings is 1. The van der Waals surface area contributed by atoms with E-state index in [2.05, 4.69) is 17.2 Å². The summed E-state index contributed by atoms with van der Waals surface area (Å²) in [5.74, 6) is 0. The molecule has 0 spiro atoms. The first-order valence-electron chi connectivity index (χ1n) is 5.77. The van der Waals surface area contributed by atoms with Crippen LogP contribution < -0.4 is 11.1 Å². The summed E-state index contributed by atoms with van der Waals surface area (Å²) in [4.78, 5) is 4.13. The van der Waals surface area contributed by atoms with Gasteiger partial charge in [-0.1, -0.05) is 11.6 Å².